The van der Waals surface area contributed by atoms with Gasteiger partial charge in [-0.15, -0.1) is 12.4 Å². The van der Waals surface area contributed by atoms with Crippen LogP contribution in [0.25, 0.3) is 0 Å². The number of piperidine rings is 1. The molecular formula is C14H20ClN3O2. The Morgan fingerprint density at radius 3 is 2.85 bits per heavy atom. The maximum absolute atomic E-state index is 11.9. The van der Waals surface area contributed by atoms with E-state index in [4.69, 9.17) is 5.73 Å². The van der Waals surface area contributed by atoms with Crippen LogP contribution in [0.4, 0.5) is 11.4 Å². The third-order valence-corrected chi connectivity index (χ3v) is 3.14. The molecule has 20 heavy (non-hydrogen) atoms. The highest BCUT2D eigenvalue weighted by molar-refractivity contribution is 5.96. The van der Waals surface area contributed by atoms with Crippen LogP contribution in [-0.4, -0.2) is 24.9 Å². The van der Waals surface area contributed by atoms with Crippen LogP contribution in [0.2, 0.25) is 0 Å². The second-order valence-electron chi connectivity index (χ2n) is 4.64. The van der Waals surface area contributed by atoms with Crippen molar-refractivity contribution in [3.63, 3.8) is 0 Å². The number of halogens is 1. The number of hydrogen-bond acceptors (Lipinski definition) is 3. The molecule has 0 saturated carbocycles. The van der Waals surface area contributed by atoms with Gasteiger partial charge in [0.15, 0.2) is 0 Å². The van der Waals surface area contributed by atoms with E-state index in [9.17, 15) is 9.59 Å². The minimum atomic E-state index is -0.107. The van der Waals surface area contributed by atoms with Crippen molar-refractivity contribution in [3.05, 3.63) is 24.3 Å². The molecular weight excluding hydrogens is 278 g/mol. The molecule has 2 rings (SSSR count). The maximum atomic E-state index is 11.9. The lowest BCUT2D eigenvalue weighted by atomic mass is 10.1. The number of rotatable bonds is 4. The number of anilines is 2. The fourth-order valence-corrected chi connectivity index (χ4v) is 2.19. The Labute approximate surface area is 124 Å². The fourth-order valence-electron chi connectivity index (χ4n) is 2.19. The molecule has 3 N–H and O–H groups in total. The number of carbonyl (C=O) groups excluding carboxylic acids is 2. The molecule has 0 radical (unpaired) electrons. The predicted molar refractivity (Wildman–Crippen MR) is 82.2 cm³/mol. The number of hydrogen-bond donors (Lipinski definition) is 2. The summed E-state index contributed by atoms with van der Waals surface area (Å²) in [4.78, 5) is 25.1. The van der Waals surface area contributed by atoms with Gasteiger partial charge in [0, 0.05) is 37.3 Å². The first-order valence-electron chi connectivity index (χ1n) is 6.61. The lowest BCUT2D eigenvalue weighted by Gasteiger charge is -2.27. The molecule has 0 unspecified atom stereocenters. The minimum absolute atomic E-state index is 0. The summed E-state index contributed by atoms with van der Waals surface area (Å²) in [7, 11) is 0. The van der Waals surface area contributed by atoms with Gasteiger partial charge in [-0.2, -0.15) is 0 Å². The topological polar surface area (TPSA) is 75.4 Å². The van der Waals surface area contributed by atoms with Crippen LogP contribution in [0.15, 0.2) is 24.3 Å². The molecule has 1 aliphatic rings. The van der Waals surface area contributed by atoms with Crippen LogP contribution in [0.3, 0.4) is 0 Å². The normalized spacial score (nSPS) is 14.7. The number of nitrogens with zero attached hydrogens (tertiary/aromatic N) is 1. The molecule has 6 heteroatoms. The van der Waals surface area contributed by atoms with E-state index in [1.165, 1.54) is 0 Å². The molecule has 2 amide bonds. The van der Waals surface area contributed by atoms with Gasteiger partial charge >= 0.3 is 0 Å². The van der Waals surface area contributed by atoms with E-state index in [0.717, 1.165) is 25.1 Å². The number of benzene rings is 1. The molecule has 0 atom stereocenters. The first-order chi connectivity index (χ1) is 9.20. The summed E-state index contributed by atoms with van der Waals surface area (Å²) < 4.78 is 0. The lowest BCUT2D eigenvalue weighted by Crippen LogP contribution is -2.35. The molecule has 1 aliphatic heterocycles. The van der Waals surface area contributed by atoms with Crippen LogP contribution >= 0.6 is 12.4 Å². The first-order valence-corrected chi connectivity index (χ1v) is 6.61. The number of carbonyl (C=O) groups is 2. The molecule has 1 heterocycles. The molecule has 5 nitrogen and oxygen atoms in total. The highest BCUT2D eigenvalue weighted by Crippen LogP contribution is 2.23. The molecule has 0 aromatic heterocycles. The van der Waals surface area contributed by atoms with Gasteiger partial charge in [0.25, 0.3) is 0 Å². The summed E-state index contributed by atoms with van der Waals surface area (Å²) in [5, 5.41) is 2.78. The van der Waals surface area contributed by atoms with Crippen LogP contribution < -0.4 is 16.0 Å². The number of amides is 2. The van der Waals surface area contributed by atoms with Crippen molar-refractivity contribution in [2.45, 2.75) is 25.7 Å². The average Bonchev–Trinajstić information content (AvgIpc) is 2.40. The van der Waals surface area contributed by atoms with Crippen molar-refractivity contribution in [2.24, 2.45) is 5.73 Å². The van der Waals surface area contributed by atoms with Crippen LogP contribution in [0, 0.1) is 0 Å². The molecule has 110 valence electrons. The van der Waals surface area contributed by atoms with E-state index in [-0.39, 0.29) is 24.2 Å². The van der Waals surface area contributed by atoms with Gasteiger partial charge < -0.3 is 16.0 Å². The van der Waals surface area contributed by atoms with E-state index >= 15 is 0 Å². The van der Waals surface area contributed by atoms with E-state index in [1.54, 1.807) is 4.90 Å². The molecule has 0 aliphatic carbocycles. The zero-order valence-electron chi connectivity index (χ0n) is 11.3. The summed E-state index contributed by atoms with van der Waals surface area (Å²) in [6.45, 7) is 1.08. The lowest BCUT2D eigenvalue weighted by molar-refractivity contribution is -0.119. The second kappa shape index (κ2) is 7.87. The van der Waals surface area contributed by atoms with Gasteiger partial charge in [0.2, 0.25) is 11.8 Å². The Morgan fingerprint density at radius 1 is 1.35 bits per heavy atom. The van der Waals surface area contributed by atoms with Gasteiger partial charge in [0.1, 0.15) is 0 Å². The average molecular weight is 298 g/mol. The summed E-state index contributed by atoms with van der Waals surface area (Å²) in [6.07, 6.45) is 2.88. The molecule has 0 spiro atoms. The largest absolute Gasteiger partial charge is 0.330 e. The summed E-state index contributed by atoms with van der Waals surface area (Å²) >= 11 is 0. The van der Waals surface area contributed by atoms with Gasteiger partial charge in [-0.05, 0) is 31.0 Å². The van der Waals surface area contributed by atoms with Crippen LogP contribution in [0.5, 0.6) is 0 Å². The van der Waals surface area contributed by atoms with E-state index in [0.29, 0.717) is 25.1 Å². The standard InChI is InChI=1S/C14H19N3O2.ClH/c15-8-7-13(18)16-11-4-3-5-12(10-11)17-9-2-1-6-14(17)19;/h3-5,10H,1-2,6-9,15H2,(H,16,18);1H. The van der Waals surface area contributed by atoms with Gasteiger partial charge in [-0.3, -0.25) is 9.59 Å². The minimum Gasteiger partial charge on any atom is -0.330 e. The van der Waals surface area contributed by atoms with Crippen LogP contribution in [0.1, 0.15) is 25.7 Å². The summed E-state index contributed by atoms with van der Waals surface area (Å²) in [6, 6.07) is 7.38. The van der Waals surface area contributed by atoms with Gasteiger partial charge in [-0.25, -0.2) is 0 Å². The van der Waals surface area contributed by atoms with E-state index < -0.39 is 0 Å². The van der Waals surface area contributed by atoms with E-state index in [2.05, 4.69) is 5.32 Å². The second-order valence-corrected chi connectivity index (χ2v) is 4.64. The smallest absolute Gasteiger partial charge is 0.226 e. The highest BCUT2D eigenvalue weighted by atomic mass is 35.5. The van der Waals surface area contributed by atoms with Gasteiger partial charge in [0.05, 0.1) is 0 Å². The highest BCUT2D eigenvalue weighted by Gasteiger charge is 2.19. The van der Waals surface area contributed by atoms with Gasteiger partial charge in [-0.1, -0.05) is 6.07 Å². The quantitative estimate of drug-likeness (QED) is 0.891. The fraction of sp³-hybridized carbons (Fsp3) is 0.429. The number of nitrogens with one attached hydrogen (secondary N) is 1. The Kier molecular flexibility index (Phi) is 6.48. The van der Waals surface area contributed by atoms with Crippen molar-refractivity contribution < 1.29 is 9.59 Å². The number of nitrogens with two attached hydrogens (primary N) is 1. The first kappa shape index (κ1) is 16.5. The molecule has 1 saturated heterocycles. The molecule has 1 fully saturated rings. The monoisotopic (exact) mass is 297 g/mol. The molecule has 1 aromatic rings. The maximum Gasteiger partial charge on any atom is 0.226 e. The van der Waals surface area contributed by atoms with E-state index in [1.807, 2.05) is 24.3 Å². The summed E-state index contributed by atoms with van der Waals surface area (Å²) in [5.41, 5.74) is 6.88. The SMILES string of the molecule is Cl.NCCC(=O)Nc1cccc(N2CCCCC2=O)c1. The Morgan fingerprint density at radius 2 is 2.15 bits per heavy atom. The predicted octanol–water partition coefficient (Wildman–Crippen LogP) is 1.91. The Balaban J connectivity index is 0.00000200. The van der Waals surface area contributed by atoms with Crippen molar-refractivity contribution in [3.8, 4) is 0 Å². The van der Waals surface area contributed by atoms with Crippen molar-refractivity contribution in [1.29, 1.82) is 0 Å². The third-order valence-electron chi connectivity index (χ3n) is 3.14. The van der Waals surface area contributed by atoms with Crippen LogP contribution in [-0.2, 0) is 9.59 Å². The molecule has 1 aromatic carbocycles. The zero-order valence-corrected chi connectivity index (χ0v) is 12.1. The third kappa shape index (κ3) is 4.21. The van der Waals surface area contributed by atoms with Crippen molar-refractivity contribution in [1.82, 2.24) is 0 Å². The summed E-state index contributed by atoms with van der Waals surface area (Å²) in [5.74, 6) is 0.0429. The Hall–Kier alpha value is -1.59. The molecule has 0 bridgehead atoms. The zero-order chi connectivity index (χ0) is 13.7. The van der Waals surface area contributed by atoms with Crippen molar-refractivity contribution >= 4 is 35.6 Å². The van der Waals surface area contributed by atoms with Crippen molar-refractivity contribution in [2.75, 3.05) is 23.3 Å². The Bertz CT molecular complexity index is 479.